The molecule has 1 saturated carbocycles. The number of nitrogens with zero attached hydrogens (tertiary/aromatic N) is 2. The fourth-order valence-electron chi connectivity index (χ4n) is 3.09. The predicted molar refractivity (Wildman–Crippen MR) is 86.3 cm³/mol. The van der Waals surface area contributed by atoms with Crippen LogP contribution in [0.15, 0.2) is 27.8 Å². The molecule has 1 heterocycles. The molecule has 0 amide bonds. The maximum Gasteiger partial charge on any atom is 0.244 e. The molecule has 1 aliphatic rings. The molecule has 118 valence electrons. The van der Waals surface area contributed by atoms with E-state index in [2.05, 4.69) is 20.9 Å². The van der Waals surface area contributed by atoms with Gasteiger partial charge in [0.1, 0.15) is 4.90 Å². The van der Waals surface area contributed by atoms with Crippen molar-refractivity contribution in [1.82, 2.24) is 9.29 Å². The van der Waals surface area contributed by atoms with Crippen molar-refractivity contribution in [3.05, 3.63) is 22.9 Å². The SMILES string of the molecule is CCN(C1CCCCC1CN)S(=O)(=O)c1cncc(Br)c1. The Morgan fingerprint density at radius 1 is 1.38 bits per heavy atom. The first-order chi connectivity index (χ1) is 10.0. The van der Waals surface area contributed by atoms with Gasteiger partial charge < -0.3 is 5.73 Å². The van der Waals surface area contributed by atoms with Crippen LogP contribution in [0, 0.1) is 5.92 Å². The number of halogens is 1. The minimum Gasteiger partial charge on any atom is -0.330 e. The zero-order valence-electron chi connectivity index (χ0n) is 12.2. The third-order valence-corrected chi connectivity index (χ3v) is 6.54. The van der Waals surface area contributed by atoms with E-state index in [0.29, 0.717) is 17.6 Å². The Hall–Kier alpha value is -0.500. The second kappa shape index (κ2) is 7.17. The van der Waals surface area contributed by atoms with E-state index in [1.165, 1.54) is 6.20 Å². The maximum absolute atomic E-state index is 12.9. The Morgan fingerprint density at radius 3 is 2.71 bits per heavy atom. The highest BCUT2D eigenvalue weighted by atomic mass is 79.9. The molecule has 0 spiro atoms. The molecule has 1 aromatic heterocycles. The lowest BCUT2D eigenvalue weighted by Gasteiger charge is -2.38. The Kier molecular flexibility index (Phi) is 5.76. The Morgan fingerprint density at radius 2 is 2.10 bits per heavy atom. The minimum atomic E-state index is -3.53. The highest BCUT2D eigenvalue weighted by Crippen LogP contribution is 2.31. The Balaban J connectivity index is 2.35. The number of rotatable bonds is 5. The van der Waals surface area contributed by atoms with Gasteiger partial charge in [-0.2, -0.15) is 4.31 Å². The van der Waals surface area contributed by atoms with Gasteiger partial charge in [-0.05, 0) is 47.3 Å². The van der Waals surface area contributed by atoms with E-state index in [0.717, 1.165) is 25.7 Å². The molecule has 2 atom stereocenters. The van der Waals surface area contributed by atoms with Gasteiger partial charge in [-0.3, -0.25) is 4.98 Å². The third-order valence-electron chi connectivity index (χ3n) is 4.14. The molecule has 1 aromatic rings. The molecule has 0 aromatic carbocycles. The lowest BCUT2D eigenvalue weighted by atomic mass is 9.84. The standard InChI is InChI=1S/C14H22BrN3O2S/c1-2-18(14-6-4-3-5-11(14)8-16)21(19,20)13-7-12(15)9-17-10-13/h7,9-11,14H,2-6,8,16H2,1H3. The van der Waals surface area contributed by atoms with E-state index in [-0.39, 0.29) is 16.9 Å². The highest BCUT2D eigenvalue weighted by Gasteiger charge is 2.36. The van der Waals surface area contributed by atoms with Crippen molar-refractivity contribution in [2.24, 2.45) is 11.7 Å². The van der Waals surface area contributed by atoms with Crippen molar-refractivity contribution in [3.8, 4) is 0 Å². The van der Waals surface area contributed by atoms with Crippen LogP contribution in [0.2, 0.25) is 0 Å². The average molecular weight is 376 g/mol. The average Bonchev–Trinajstić information content (AvgIpc) is 2.48. The number of aromatic nitrogens is 1. The van der Waals surface area contributed by atoms with Gasteiger partial charge in [0.05, 0.1) is 0 Å². The smallest absolute Gasteiger partial charge is 0.244 e. The van der Waals surface area contributed by atoms with Gasteiger partial charge in [0.25, 0.3) is 0 Å². The summed E-state index contributed by atoms with van der Waals surface area (Å²) >= 11 is 3.28. The Labute approximate surface area is 135 Å². The number of hydrogen-bond acceptors (Lipinski definition) is 4. The van der Waals surface area contributed by atoms with Crippen molar-refractivity contribution in [1.29, 1.82) is 0 Å². The summed E-state index contributed by atoms with van der Waals surface area (Å²) in [4.78, 5) is 4.21. The first-order valence-electron chi connectivity index (χ1n) is 7.33. The molecule has 2 N–H and O–H groups in total. The molecule has 0 aliphatic heterocycles. The summed E-state index contributed by atoms with van der Waals surface area (Å²) in [6.07, 6.45) is 7.07. The molecule has 7 heteroatoms. The Bertz CT molecular complexity index is 579. The van der Waals surface area contributed by atoms with E-state index < -0.39 is 10.0 Å². The largest absolute Gasteiger partial charge is 0.330 e. The lowest BCUT2D eigenvalue weighted by Crippen LogP contribution is -2.47. The second-order valence-corrected chi connectivity index (χ2v) is 8.20. The first kappa shape index (κ1) is 16.9. The van der Waals surface area contributed by atoms with Crippen molar-refractivity contribution in [3.63, 3.8) is 0 Å². The fraction of sp³-hybridized carbons (Fsp3) is 0.643. The zero-order chi connectivity index (χ0) is 15.5. The van der Waals surface area contributed by atoms with E-state index in [9.17, 15) is 8.42 Å². The molecule has 1 fully saturated rings. The summed E-state index contributed by atoms with van der Waals surface area (Å²) in [6.45, 7) is 2.87. The number of sulfonamides is 1. The summed E-state index contributed by atoms with van der Waals surface area (Å²) < 4.78 is 28.1. The van der Waals surface area contributed by atoms with E-state index in [1.807, 2.05) is 6.92 Å². The molecule has 1 aliphatic carbocycles. The summed E-state index contributed by atoms with van der Waals surface area (Å²) in [5, 5.41) is 0. The van der Waals surface area contributed by atoms with Crippen LogP contribution in [-0.4, -0.2) is 36.8 Å². The van der Waals surface area contributed by atoms with Gasteiger partial charge in [0.15, 0.2) is 0 Å². The second-order valence-electron chi connectivity index (χ2n) is 5.39. The molecule has 21 heavy (non-hydrogen) atoms. The van der Waals surface area contributed by atoms with Gasteiger partial charge >= 0.3 is 0 Å². The molecular formula is C14H22BrN3O2S. The zero-order valence-corrected chi connectivity index (χ0v) is 14.6. The van der Waals surface area contributed by atoms with Crippen LogP contribution in [0.25, 0.3) is 0 Å². The van der Waals surface area contributed by atoms with E-state index >= 15 is 0 Å². The molecule has 5 nitrogen and oxygen atoms in total. The predicted octanol–water partition coefficient (Wildman–Crippen LogP) is 2.37. The van der Waals surface area contributed by atoms with Crippen LogP contribution in [0.3, 0.4) is 0 Å². The van der Waals surface area contributed by atoms with Crippen LogP contribution in [0.4, 0.5) is 0 Å². The first-order valence-corrected chi connectivity index (χ1v) is 9.56. The molecule has 0 saturated heterocycles. The summed E-state index contributed by atoms with van der Waals surface area (Å²) in [5.74, 6) is 0.244. The van der Waals surface area contributed by atoms with Gasteiger partial charge in [-0.15, -0.1) is 0 Å². The van der Waals surface area contributed by atoms with Crippen molar-refractivity contribution >= 4 is 26.0 Å². The van der Waals surface area contributed by atoms with Gasteiger partial charge in [-0.25, -0.2) is 8.42 Å². The quantitative estimate of drug-likeness (QED) is 0.856. The number of nitrogens with two attached hydrogens (primary N) is 1. The van der Waals surface area contributed by atoms with Crippen LogP contribution in [0.5, 0.6) is 0 Å². The van der Waals surface area contributed by atoms with Gasteiger partial charge in [-0.1, -0.05) is 19.8 Å². The summed E-state index contributed by atoms with van der Waals surface area (Å²) in [7, 11) is -3.53. The molecule has 2 rings (SSSR count). The highest BCUT2D eigenvalue weighted by molar-refractivity contribution is 9.10. The monoisotopic (exact) mass is 375 g/mol. The van der Waals surface area contributed by atoms with Crippen molar-refractivity contribution < 1.29 is 8.42 Å². The fourth-order valence-corrected chi connectivity index (χ4v) is 5.32. The van der Waals surface area contributed by atoms with Gasteiger partial charge in [0, 0.05) is 29.5 Å². The normalized spacial score (nSPS) is 23.4. The summed E-state index contributed by atoms with van der Waals surface area (Å²) in [6, 6.07) is 1.60. The summed E-state index contributed by atoms with van der Waals surface area (Å²) in [5.41, 5.74) is 5.85. The molecule has 2 unspecified atom stereocenters. The van der Waals surface area contributed by atoms with Crippen molar-refractivity contribution in [2.75, 3.05) is 13.1 Å². The number of pyridine rings is 1. The topological polar surface area (TPSA) is 76.3 Å². The molecule has 0 radical (unpaired) electrons. The van der Waals surface area contributed by atoms with Crippen LogP contribution in [-0.2, 0) is 10.0 Å². The van der Waals surface area contributed by atoms with E-state index in [1.54, 1.807) is 16.6 Å². The maximum atomic E-state index is 12.9. The van der Waals surface area contributed by atoms with Crippen LogP contribution in [0.1, 0.15) is 32.6 Å². The van der Waals surface area contributed by atoms with E-state index in [4.69, 9.17) is 5.73 Å². The van der Waals surface area contributed by atoms with Gasteiger partial charge in [0.2, 0.25) is 10.0 Å². The lowest BCUT2D eigenvalue weighted by molar-refractivity contribution is 0.187. The molecule has 0 bridgehead atoms. The number of hydrogen-bond donors (Lipinski definition) is 1. The third kappa shape index (κ3) is 3.64. The molecular weight excluding hydrogens is 354 g/mol. The van der Waals surface area contributed by atoms with Crippen LogP contribution >= 0.6 is 15.9 Å². The minimum absolute atomic E-state index is 0.00210. The van der Waals surface area contributed by atoms with Crippen LogP contribution < -0.4 is 5.73 Å². The van der Waals surface area contributed by atoms with Crippen molar-refractivity contribution in [2.45, 2.75) is 43.5 Å².